The second-order valence-electron chi connectivity index (χ2n) is 6.81. The Bertz CT molecular complexity index is 747. The molecule has 6 heteroatoms. The Hall–Kier alpha value is -2.21. The molecule has 2 atom stereocenters. The summed E-state index contributed by atoms with van der Waals surface area (Å²) in [6, 6.07) is 10.2. The summed E-state index contributed by atoms with van der Waals surface area (Å²) < 4.78 is 0. The van der Waals surface area contributed by atoms with Crippen LogP contribution in [0.4, 0.5) is 0 Å². The fourth-order valence-electron chi connectivity index (χ4n) is 3.97. The van der Waals surface area contributed by atoms with Crippen LogP contribution in [0.5, 0.6) is 0 Å². The Labute approximate surface area is 151 Å². The molecule has 130 valence electrons. The van der Waals surface area contributed by atoms with Crippen molar-refractivity contribution in [2.75, 3.05) is 13.1 Å². The van der Waals surface area contributed by atoms with Crippen molar-refractivity contribution in [3.8, 4) is 0 Å². The molecule has 2 amide bonds. The molecule has 4 rings (SSSR count). The topological polar surface area (TPSA) is 53.5 Å². The maximum Gasteiger partial charge on any atom is 0.273 e. The maximum atomic E-state index is 12.7. The predicted molar refractivity (Wildman–Crippen MR) is 96.1 cm³/mol. The average molecular weight is 355 g/mol. The molecular weight excluding hydrogens is 334 g/mol. The lowest BCUT2D eigenvalue weighted by atomic mass is 9.98. The van der Waals surface area contributed by atoms with Gasteiger partial charge in [-0.2, -0.15) is 0 Å². The number of carbonyl (C=O) groups excluding carboxylic acids is 2. The summed E-state index contributed by atoms with van der Waals surface area (Å²) in [4.78, 5) is 33.4. The number of aromatic nitrogens is 1. The maximum absolute atomic E-state index is 12.7. The molecular formula is C19H21N3O2S. The van der Waals surface area contributed by atoms with Crippen LogP contribution in [0.15, 0.2) is 41.2 Å². The molecule has 3 heterocycles. The van der Waals surface area contributed by atoms with Gasteiger partial charge >= 0.3 is 0 Å². The van der Waals surface area contributed by atoms with Gasteiger partial charge in [0.05, 0.1) is 11.6 Å². The lowest BCUT2D eigenvalue weighted by Gasteiger charge is -2.30. The van der Waals surface area contributed by atoms with Crippen molar-refractivity contribution in [2.24, 2.45) is 5.92 Å². The molecule has 0 N–H and O–H groups in total. The van der Waals surface area contributed by atoms with Crippen LogP contribution in [0.2, 0.25) is 0 Å². The minimum absolute atomic E-state index is 0.0126. The normalized spacial score (nSPS) is 23.4. The van der Waals surface area contributed by atoms with E-state index in [1.165, 1.54) is 11.3 Å². The Morgan fingerprint density at radius 3 is 2.84 bits per heavy atom. The standard InChI is InChI=1S/C19H21N3O2S/c23-18-8-4-7-15-10-21(19(24)16-12-25-13-20-16)11-17(15)22(18)9-14-5-2-1-3-6-14/h1-3,5-6,12-13,15,17H,4,7-11H2/t15-,17+/m1/s1. The second-order valence-corrected chi connectivity index (χ2v) is 7.53. The second kappa shape index (κ2) is 6.96. The first kappa shape index (κ1) is 16.3. The fourth-order valence-corrected chi connectivity index (χ4v) is 4.49. The zero-order valence-corrected chi connectivity index (χ0v) is 14.8. The van der Waals surface area contributed by atoms with Gasteiger partial charge in [0.25, 0.3) is 5.91 Å². The van der Waals surface area contributed by atoms with Crippen molar-refractivity contribution in [1.82, 2.24) is 14.8 Å². The highest BCUT2D eigenvalue weighted by Gasteiger charge is 2.42. The van der Waals surface area contributed by atoms with Crippen molar-refractivity contribution in [3.63, 3.8) is 0 Å². The Balaban J connectivity index is 1.55. The molecule has 0 aliphatic carbocycles. The largest absolute Gasteiger partial charge is 0.335 e. The Morgan fingerprint density at radius 1 is 1.24 bits per heavy atom. The zero-order valence-electron chi connectivity index (χ0n) is 14.0. The third kappa shape index (κ3) is 3.31. The van der Waals surface area contributed by atoms with E-state index in [4.69, 9.17) is 0 Å². The highest BCUT2D eigenvalue weighted by Crippen LogP contribution is 2.32. The summed E-state index contributed by atoms with van der Waals surface area (Å²) in [5.74, 6) is 0.554. The smallest absolute Gasteiger partial charge is 0.273 e. The van der Waals surface area contributed by atoms with Crippen LogP contribution in [0.3, 0.4) is 0 Å². The van der Waals surface area contributed by atoms with Gasteiger partial charge in [-0.1, -0.05) is 30.3 Å². The molecule has 1 aromatic carbocycles. The van der Waals surface area contributed by atoms with Gasteiger partial charge in [0, 0.05) is 31.4 Å². The first-order valence-electron chi connectivity index (χ1n) is 8.73. The molecule has 0 radical (unpaired) electrons. The number of amides is 2. The third-order valence-corrected chi connectivity index (χ3v) is 5.81. The number of hydrogen-bond donors (Lipinski definition) is 0. The molecule has 0 saturated carbocycles. The van der Waals surface area contributed by atoms with Crippen LogP contribution in [0.1, 0.15) is 35.3 Å². The molecule has 2 fully saturated rings. The minimum atomic E-state index is -0.0126. The van der Waals surface area contributed by atoms with Gasteiger partial charge in [0.1, 0.15) is 5.69 Å². The first-order valence-corrected chi connectivity index (χ1v) is 9.67. The number of thiazole rings is 1. The van der Waals surface area contributed by atoms with Gasteiger partial charge in [-0.25, -0.2) is 4.98 Å². The Kier molecular flexibility index (Phi) is 4.53. The summed E-state index contributed by atoms with van der Waals surface area (Å²) in [6.45, 7) is 1.96. The van der Waals surface area contributed by atoms with Crippen molar-refractivity contribution < 1.29 is 9.59 Å². The monoisotopic (exact) mass is 355 g/mol. The summed E-state index contributed by atoms with van der Waals surface area (Å²) in [5.41, 5.74) is 3.34. The molecule has 0 bridgehead atoms. The van der Waals surface area contributed by atoms with E-state index >= 15 is 0 Å². The van der Waals surface area contributed by atoms with E-state index < -0.39 is 0 Å². The highest BCUT2D eigenvalue weighted by atomic mass is 32.1. The summed E-state index contributed by atoms with van der Waals surface area (Å²) in [6.07, 6.45) is 2.52. The molecule has 2 aromatic rings. The van der Waals surface area contributed by atoms with Crippen molar-refractivity contribution in [2.45, 2.75) is 31.8 Å². The van der Waals surface area contributed by atoms with Gasteiger partial charge in [-0.05, 0) is 24.3 Å². The fraction of sp³-hybridized carbons (Fsp3) is 0.421. The SMILES string of the molecule is O=C(c1cscn1)N1C[C@H]2CCCC(=O)N(Cc3ccccc3)[C@H]2C1. The Morgan fingerprint density at radius 2 is 2.08 bits per heavy atom. The molecule has 5 nitrogen and oxygen atoms in total. The van der Waals surface area contributed by atoms with Gasteiger partial charge in [0.15, 0.2) is 0 Å². The quantitative estimate of drug-likeness (QED) is 0.851. The number of fused-ring (bicyclic) bond motifs is 1. The van der Waals surface area contributed by atoms with Gasteiger partial charge < -0.3 is 9.80 Å². The summed E-state index contributed by atoms with van der Waals surface area (Å²) in [5, 5.41) is 1.80. The molecule has 2 aliphatic heterocycles. The minimum Gasteiger partial charge on any atom is -0.335 e. The number of carbonyl (C=O) groups is 2. The van der Waals surface area contributed by atoms with Crippen LogP contribution >= 0.6 is 11.3 Å². The van der Waals surface area contributed by atoms with Gasteiger partial charge in [-0.15, -0.1) is 11.3 Å². The van der Waals surface area contributed by atoms with E-state index in [1.807, 2.05) is 28.0 Å². The van der Waals surface area contributed by atoms with Crippen LogP contribution in [-0.2, 0) is 11.3 Å². The third-order valence-electron chi connectivity index (χ3n) is 5.23. The summed E-state index contributed by atoms with van der Waals surface area (Å²) >= 11 is 1.44. The van der Waals surface area contributed by atoms with Gasteiger partial charge in [0.2, 0.25) is 5.91 Å². The van der Waals surface area contributed by atoms with E-state index in [0.29, 0.717) is 31.1 Å². The van der Waals surface area contributed by atoms with Crippen molar-refractivity contribution in [1.29, 1.82) is 0 Å². The first-order chi connectivity index (χ1) is 12.2. The van der Waals surface area contributed by atoms with E-state index in [0.717, 1.165) is 24.9 Å². The average Bonchev–Trinajstić information content (AvgIpc) is 3.28. The predicted octanol–water partition coefficient (Wildman–Crippen LogP) is 2.80. The number of nitrogens with zero attached hydrogens (tertiary/aromatic N) is 3. The van der Waals surface area contributed by atoms with Crippen LogP contribution < -0.4 is 0 Å². The molecule has 1 aromatic heterocycles. The molecule has 0 spiro atoms. The van der Waals surface area contributed by atoms with Gasteiger partial charge in [-0.3, -0.25) is 9.59 Å². The number of benzene rings is 1. The summed E-state index contributed by atoms with van der Waals surface area (Å²) in [7, 11) is 0. The van der Waals surface area contributed by atoms with Crippen molar-refractivity contribution in [3.05, 3.63) is 52.5 Å². The molecule has 25 heavy (non-hydrogen) atoms. The van der Waals surface area contributed by atoms with Crippen LogP contribution in [0, 0.1) is 5.92 Å². The van der Waals surface area contributed by atoms with E-state index in [9.17, 15) is 9.59 Å². The van der Waals surface area contributed by atoms with Crippen molar-refractivity contribution >= 4 is 23.2 Å². The van der Waals surface area contributed by atoms with Crippen LogP contribution in [0.25, 0.3) is 0 Å². The zero-order chi connectivity index (χ0) is 17.2. The number of likely N-dealkylation sites (tertiary alicyclic amines) is 2. The molecule has 2 saturated heterocycles. The number of hydrogen-bond acceptors (Lipinski definition) is 4. The number of rotatable bonds is 3. The van der Waals surface area contributed by atoms with E-state index in [-0.39, 0.29) is 17.9 Å². The molecule has 2 aliphatic rings. The molecule has 0 unspecified atom stereocenters. The van der Waals surface area contributed by atoms with E-state index in [1.54, 1.807) is 10.9 Å². The lowest BCUT2D eigenvalue weighted by molar-refractivity contribution is -0.133. The van der Waals surface area contributed by atoms with Crippen LogP contribution in [-0.4, -0.2) is 45.7 Å². The van der Waals surface area contributed by atoms with E-state index in [2.05, 4.69) is 17.1 Å². The highest BCUT2D eigenvalue weighted by molar-refractivity contribution is 7.07. The lowest BCUT2D eigenvalue weighted by Crippen LogP contribution is -2.43.